The third-order valence-electron chi connectivity index (χ3n) is 6.25. The number of rotatable bonds is 3. The highest BCUT2D eigenvalue weighted by molar-refractivity contribution is 7.90. The molecule has 0 spiro atoms. The standard InChI is InChI=1S/C18H26N4O5S/c23-16(11-21-18(25)13-8-4-5-9-14(13)28(21,26)27)19-15-10-17(24)22(20-15)12-6-2-1-3-7-12/h12-14H,1-11H2,(H,19,20,23). The zero-order valence-corrected chi connectivity index (χ0v) is 16.6. The molecule has 28 heavy (non-hydrogen) atoms. The van der Waals surface area contributed by atoms with Gasteiger partial charge >= 0.3 is 0 Å². The predicted molar refractivity (Wildman–Crippen MR) is 100 cm³/mol. The van der Waals surface area contributed by atoms with Crippen LogP contribution in [0, 0.1) is 5.92 Å². The van der Waals surface area contributed by atoms with Gasteiger partial charge in [0, 0.05) is 0 Å². The summed E-state index contributed by atoms with van der Waals surface area (Å²) in [4.78, 5) is 37.2. The molecule has 2 aliphatic heterocycles. The van der Waals surface area contributed by atoms with Crippen molar-refractivity contribution in [2.45, 2.75) is 75.5 Å². The van der Waals surface area contributed by atoms with Crippen LogP contribution in [0.25, 0.3) is 0 Å². The molecule has 0 aromatic carbocycles. The van der Waals surface area contributed by atoms with Gasteiger partial charge in [-0.25, -0.2) is 17.7 Å². The first kappa shape index (κ1) is 19.4. The van der Waals surface area contributed by atoms with Crippen molar-refractivity contribution < 1.29 is 22.8 Å². The van der Waals surface area contributed by atoms with Gasteiger partial charge in [0.2, 0.25) is 21.8 Å². The molecule has 2 unspecified atom stereocenters. The van der Waals surface area contributed by atoms with Crippen LogP contribution in [-0.2, 0) is 24.4 Å². The summed E-state index contributed by atoms with van der Waals surface area (Å²) in [5.74, 6) is -1.57. The predicted octanol–water partition coefficient (Wildman–Crippen LogP) is 0.712. The lowest BCUT2D eigenvalue weighted by Crippen LogP contribution is -2.42. The van der Waals surface area contributed by atoms with Crippen molar-refractivity contribution >= 4 is 33.6 Å². The molecule has 4 aliphatic rings. The van der Waals surface area contributed by atoms with Gasteiger partial charge in [0.05, 0.1) is 23.6 Å². The molecule has 0 aromatic rings. The zero-order valence-electron chi connectivity index (χ0n) is 15.8. The summed E-state index contributed by atoms with van der Waals surface area (Å²) in [6.07, 6.45) is 7.71. The van der Waals surface area contributed by atoms with Crippen LogP contribution in [0.5, 0.6) is 0 Å². The monoisotopic (exact) mass is 410 g/mol. The summed E-state index contributed by atoms with van der Waals surface area (Å²) in [6.45, 7) is -0.551. The fourth-order valence-corrected chi connectivity index (χ4v) is 6.98. The fraction of sp³-hybridized carbons (Fsp3) is 0.778. The van der Waals surface area contributed by atoms with E-state index in [0.717, 1.165) is 49.3 Å². The second kappa shape index (κ2) is 7.46. The first-order valence-electron chi connectivity index (χ1n) is 10.1. The van der Waals surface area contributed by atoms with Crippen molar-refractivity contribution in [1.29, 1.82) is 0 Å². The number of nitrogens with one attached hydrogen (secondary N) is 1. The molecule has 2 atom stereocenters. The minimum Gasteiger partial charge on any atom is -0.311 e. The molecule has 154 valence electrons. The lowest BCUT2D eigenvalue weighted by atomic mass is 9.88. The Bertz CT molecular complexity index is 818. The lowest BCUT2D eigenvalue weighted by Gasteiger charge is -2.27. The van der Waals surface area contributed by atoms with Gasteiger partial charge in [0.25, 0.3) is 5.91 Å². The summed E-state index contributed by atoms with van der Waals surface area (Å²) >= 11 is 0. The summed E-state index contributed by atoms with van der Waals surface area (Å²) in [6, 6.07) is 0.0688. The van der Waals surface area contributed by atoms with Crippen LogP contribution in [-0.4, -0.2) is 59.1 Å². The Balaban J connectivity index is 1.40. The van der Waals surface area contributed by atoms with Crippen LogP contribution >= 0.6 is 0 Å². The van der Waals surface area contributed by atoms with E-state index in [9.17, 15) is 22.8 Å². The first-order valence-corrected chi connectivity index (χ1v) is 11.6. The number of carbonyl (C=O) groups excluding carboxylic acids is 3. The van der Waals surface area contributed by atoms with Crippen molar-refractivity contribution in [3.63, 3.8) is 0 Å². The van der Waals surface area contributed by atoms with Crippen molar-refractivity contribution in [2.24, 2.45) is 11.0 Å². The third kappa shape index (κ3) is 3.42. The van der Waals surface area contributed by atoms with E-state index >= 15 is 0 Å². The number of hydrogen-bond acceptors (Lipinski definition) is 6. The molecule has 2 saturated carbocycles. The highest BCUT2D eigenvalue weighted by Gasteiger charge is 2.53. The van der Waals surface area contributed by atoms with Gasteiger partial charge in [0.15, 0.2) is 0 Å². The Morgan fingerprint density at radius 1 is 1.04 bits per heavy atom. The second-order valence-electron chi connectivity index (χ2n) is 8.12. The summed E-state index contributed by atoms with van der Waals surface area (Å²) in [5, 5.41) is 7.54. The van der Waals surface area contributed by atoms with Crippen molar-refractivity contribution in [1.82, 2.24) is 14.6 Å². The Labute approximate surface area is 164 Å². The molecule has 3 fully saturated rings. The maximum absolute atomic E-state index is 12.7. The van der Waals surface area contributed by atoms with E-state index in [4.69, 9.17) is 0 Å². The molecule has 2 heterocycles. The van der Waals surface area contributed by atoms with Gasteiger partial charge in [-0.05, 0) is 25.7 Å². The van der Waals surface area contributed by atoms with Crippen molar-refractivity contribution in [3.8, 4) is 0 Å². The quantitative estimate of drug-likeness (QED) is 0.736. The molecule has 9 nitrogen and oxygen atoms in total. The SMILES string of the molecule is O=C(CN1C(=O)C2CCCCC2S1(=O)=O)NC1=NN(C2CCCCC2)C(=O)C1. The highest BCUT2D eigenvalue weighted by Crippen LogP contribution is 2.38. The molecule has 2 aliphatic carbocycles. The average Bonchev–Trinajstić information content (AvgIpc) is 3.13. The number of amidine groups is 1. The largest absolute Gasteiger partial charge is 0.311 e. The average molecular weight is 410 g/mol. The Morgan fingerprint density at radius 2 is 1.71 bits per heavy atom. The summed E-state index contributed by atoms with van der Waals surface area (Å²) in [5.41, 5.74) is 0. The van der Waals surface area contributed by atoms with Gasteiger partial charge in [-0.2, -0.15) is 5.10 Å². The first-order chi connectivity index (χ1) is 13.4. The Hall–Kier alpha value is -1.97. The van der Waals surface area contributed by atoms with Crippen molar-refractivity contribution in [3.05, 3.63) is 0 Å². The third-order valence-corrected chi connectivity index (χ3v) is 8.50. The van der Waals surface area contributed by atoms with Crippen molar-refractivity contribution in [2.75, 3.05) is 6.54 Å². The molecular formula is C18H26N4O5S. The van der Waals surface area contributed by atoms with E-state index in [1.165, 1.54) is 5.01 Å². The molecule has 10 heteroatoms. The van der Waals surface area contributed by atoms with E-state index in [0.29, 0.717) is 12.8 Å². The minimum atomic E-state index is -3.80. The number of amides is 3. The smallest absolute Gasteiger partial charge is 0.250 e. The van der Waals surface area contributed by atoms with Crippen LogP contribution in [0.3, 0.4) is 0 Å². The maximum atomic E-state index is 12.7. The van der Waals surface area contributed by atoms with Gasteiger partial charge in [0.1, 0.15) is 12.4 Å². The van der Waals surface area contributed by atoms with Gasteiger partial charge in [-0.1, -0.05) is 32.1 Å². The Kier molecular flexibility index (Phi) is 5.15. The number of nitrogens with zero attached hydrogens (tertiary/aromatic N) is 3. The number of hydrazone groups is 1. The molecule has 0 radical (unpaired) electrons. The lowest BCUT2D eigenvalue weighted by molar-refractivity contribution is -0.133. The number of sulfonamides is 1. The molecule has 1 saturated heterocycles. The van der Waals surface area contributed by atoms with E-state index in [1.54, 1.807) is 0 Å². The van der Waals surface area contributed by atoms with E-state index in [-0.39, 0.29) is 24.2 Å². The topological polar surface area (TPSA) is 116 Å². The normalized spacial score (nSPS) is 30.4. The molecule has 4 rings (SSSR count). The zero-order chi connectivity index (χ0) is 19.9. The fourth-order valence-electron chi connectivity index (χ4n) is 4.83. The minimum absolute atomic E-state index is 0.00577. The number of fused-ring (bicyclic) bond motifs is 1. The van der Waals surface area contributed by atoms with Gasteiger partial charge in [-0.15, -0.1) is 0 Å². The number of carbonyl (C=O) groups is 3. The molecule has 3 amide bonds. The summed E-state index contributed by atoms with van der Waals surface area (Å²) < 4.78 is 26.0. The van der Waals surface area contributed by atoms with E-state index < -0.39 is 39.6 Å². The van der Waals surface area contributed by atoms with Gasteiger partial charge < -0.3 is 5.32 Å². The molecular weight excluding hydrogens is 384 g/mol. The highest BCUT2D eigenvalue weighted by atomic mass is 32.2. The molecule has 1 N–H and O–H groups in total. The molecule has 0 aromatic heterocycles. The van der Waals surface area contributed by atoms with Crippen LogP contribution in [0.15, 0.2) is 5.10 Å². The Morgan fingerprint density at radius 3 is 2.43 bits per heavy atom. The summed E-state index contributed by atoms with van der Waals surface area (Å²) in [7, 11) is -3.80. The van der Waals surface area contributed by atoms with E-state index in [2.05, 4.69) is 10.4 Å². The maximum Gasteiger partial charge on any atom is 0.250 e. The number of hydrogen-bond donors (Lipinski definition) is 1. The van der Waals surface area contributed by atoms with Crippen LogP contribution in [0.2, 0.25) is 0 Å². The van der Waals surface area contributed by atoms with Crippen LogP contribution < -0.4 is 5.32 Å². The molecule has 0 bridgehead atoms. The second-order valence-corrected chi connectivity index (χ2v) is 10.2. The van der Waals surface area contributed by atoms with Crippen LogP contribution in [0.1, 0.15) is 64.2 Å². The van der Waals surface area contributed by atoms with Crippen LogP contribution in [0.4, 0.5) is 0 Å². The van der Waals surface area contributed by atoms with Gasteiger partial charge in [-0.3, -0.25) is 14.4 Å². The van der Waals surface area contributed by atoms with E-state index in [1.807, 2.05) is 0 Å².